The van der Waals surface area contributed by atoms with Crippen LogP contribution in [0.2, 0.25) is 0 Å². The van der Waals surface area contributed by atoms with E-state index in [0.29, 0.717) is 5.69 Å². The van der Waals surface area contributed by atoms with Gasteiger partial charge >= 0.3 is 0 Å². The Labute approximate surface area is 123 Å². The molecule has 1 aliphatic rings. The fraction of sp³-hybridized carbons (Fsp3) is 0.500. The van der Waals surface area contributed by atoms with E-state index < -0.39 is 0 Å². The topological polar surface area (TPSA) is 42.0 Å². The second-order valence-corrected chi connectivity index (χ2v) is 6.47. The van der Waals surface area contributed by atoms with Crippen molar-refractivity contribution in [3.63, 3.8) is 0 Å². The van der Waals surface area contributed by atoms with Crippen molar-refractivity contribution in [2.75, 3.05) is 13.1 Å². The number of rotatable bonds is 5. The SMILES string of the molecule is CCCCC1(C(=O)c2nsc3ccccc23)CCNC1. The molecule has 1 atom stereocenters. The molecule has 1 aromatic carbocycles. The van der Waals surface area contributed by atoms with Gasteiger partial charge in [0, 0.05) is 17.3 Å². The van der Waals surface area contributed by atoms with Crippen LogP contribution in [0.3, 0.4) is 0 Å². The molecule has 1 saturated heterocycles. The molecule has 106 valence electrons. The van der Waals surface area contributed by atoms with E-state index in [1.807, 2.05) is 24.3 Å². The molecular weight excluding hydrogens is 268 g/mol. The van der Waals surface area contributed by atoms with Crippen LogP contribution in [0.15, 0.2) is 24.3 Å². The molecule has 2 heterocycles. The van der Waals surface area contributed by atoms with Crippen LogP contribution in [-0.4, -0.2) is 23.2 Å². The number of unbranched alkanes of at least 4 members (excludes halogenated alkanes) is 1. The van der Waals surface area contributed by atoms with Gasteiger partial charge in [0.15, 0.2) is 5.78 Å². The zero-order chi connectivity index (χ0) is 14.0. The molecule has 0 amide bonds. The highest BCUT2D eigenvalue weighted by Crippen LogP contribution is 2.37. The Morgan fingerprint density at radius 2 is 2.30 bits per heavy atom. The van der Waals surface area contributed by atoms with Gasteiger partial charge in [-0.2, -0.15) is 4.37 Å². The van der Waals surface area contributed by atoms with Crippen LogP contribution < -0.4 is 5.32 Å². The summed E-state index contributed by atoms with van der Waals surface area (Å²) in [5.41, 5.74) is 0.456. The quantitative estimate of drug-likeness (QED) is 0.854. The maximum absolute atomic E-state index is 13.1. The van der Waals surface area contributed by atoms with E-state index in [2.05, 4.69) is 16.6 Å². The van der Waals surface area contributed by atoms with Gasteiger partial charge in [-0.3, -0.25) is 4.79 Å². The minimum atomic E-state index is -0.229. The van der Waals surface area contributed by atoms with Gasteiger partial charge in [0.2, 0.25) is 0 Å². The Hall–Kier alpha value is -1.26. The summed E-state index contributed by atoms with van der Waals surface area (Å²) in [6, 6.07) is 8.04. The highest BCUT2D eigenvalue weighted by Gasteiger charge is 2.42. The third-order valence-electron chi connectivity index (χ3n) is 4.33. The van der Waals surface area contributed by atoms with E-state index in [-0.39, 0.29) is 11.2 Å². The number of ketones is 1. The molecule has 1 aromatic heterocycles. The van der Waals surface area contributed by atoms with Crippen LogP contribution in [-0.2, 0) is 0 Å². The largest absolute Gasteiger partial charge is 0.316 e. The fourth-order valence-electron chi connectivity index (χ4n) is 3.08. The lowest BCUT2D eigenvalue weighted by atomic mass is 9.76. The molecule has 1 fully saturated rings. The molecule has 0 bridgehead atoms. The maximum atomic E-state index is 13.1. The first-order valence-corrected chi connectivity index (χ1v) is 8.14. The molecule has 1 unspecified atom stereocenters. The molecule has 1 N–H and O–H groups in total. The van der Waals surface area contributed by atoms with Crippen molar-refractivity contribution in [1.29, 1.82) is 0 Å². The predicted molar refractivity (Wildman–Crippen MR) is 83.4 cm³/mol. The predicted octanol–water partition coefficient (Wildman–Crippen LogP) is 3.65. The number of aromatic nitrogens is 1. The highest BCUT2D eigenvalue weighted by molar-refractivity contribution is 7.13. The summed E-state index contributed by atoms with van der Waals surface area (Å²) in [4.78, 5) is 13.1. The number of carbonyl (C=O) groups is 1. The number of hydrogen-bond acceptors (Lipinski definition) is 4. The summed E-state index contributed by atoms with van der Waals surface area (Å²) in [5, 5.41) is 4.39. The molecule has 0 saturated carbocycles. The smallest absolute Gasteiger partial charge is 0.190 e. The first kappa shape index (κ1) is 13.7. The first-order valence-electron chi connectivity index (χ1n) is 7.37. The third kappa shape index (κ3) is 2.27. The Bertz CT molecular complexity index is 614. The molecule has 3 rings (SSSR count). The van der Waals surface area contributed by atoms with Gasteiger partial charge in [-0.15, -0.1) is 0 Å². The number of nitrogens with one attached hydrogen (secondary N) is 1. The highest BCUT2D eigenvalue weighted by atomic mass is 32.1. The van der Waals surface area contributed by atoms with E-state index in [4.69, 9.17) is 0 Å². The Morgan fingerprint density at radius 1 is 1.45 bits per heavy atom. The molecule has 2 aromatic rings. The standard InChI is InChI=1S/C16H20N2OS/c1-2-3-8-16(9-10-17-11-16)15(19)14-12-6-4-5-7-13(12)20-18-14/h4-7,17H,2-3,8-11H2,1H3. The first-order chi connectivity index (χ1) is 9.77. The minimum Gasteiger partial charge on any atom is -0.316 e. The van der Waals surface area contributed by atoms with Gasteiger partial charge in [0.25, 0.3) is 0 Å². The molecule has 0 aliphatic carbocycles. The van der Waals surface area contributed by atoms with Crippen molar-refractivity contribution in [3.05, 3.63) is 30.0 Å². The third-order valence-corrected chi connectivity index (χ3v) is 5.15. The number of fused-ring (bicyclic) bond motifs is 1. The van der Waals surface area contributed by atoms with Crippen LogP contribution in [0, 0.1) is 5.41 Å². The molecule has 1 aliphatic heterocycles. The van der Waals surface area contributed by atoms with Crippen LogP contribution in [0.4, 0.5) is 0 Å². The lowest BCUT2D eigenvalue weighted by molar-refractivity contribution is 0.0797. The number of carbonyl (C=O) groups excluding carboxylic acids is 1. The van der Waals surface area contributed by atoms with Crippen LogP contribution >= 0.6 is 11.5 Å². The second kappa shape index (κ2) is 5.62. The summed E-state index contributed by atoms with van der Waals surface area (Å²) >= 11 is 1.43. The van der Waals surface area contributed by atoms with Gasteiger partial charge in [-0.25, -0.2) is 0 Å². The summed E-state index contributed by atoms with van der Waals surface area (Å²) in [7, 11) is 0. The Kier molecular flexibility index (Phi) is 3.85. The van der Waals surface area contributed by atoms with Crippen molar-refractivity contribution in [2.45, 2.75) is 32.6 Å². The molecular formula is C16H20N2OS. The van der Waals surface area contributed by atoms with Crippen molar-refractivity contribution >= 4 is 27.4 Å². The minimum absolute atomic E-state index is 0.229. The zero-order valence-electron chi connectivity index (χ0n) is 11.8. The second-order valence-electron chi connectivity index (χ2n) is 5.67. The lowest BCUT2D eigenvalue weighted by Gasteiger charge is -2.25. The van der Waals surface area contributed by atoms with E-state index in [1.165, 1.54) is 11.5 Å². The Balaban J connectivity index is 1.97. The van der Waals surface area contributed by atoms with Crippen LogP contribution in [0.5, 0.6) is 0 Å². The maximum Gasteiger partial charge on any atom is 0.190 e. The van der Waals surface area contributed by atoms with E-state index in [1.54, 1.807) is 0 Å². The normalized spacial score (nSPS) is 22.4. The van der Waals surface area contributed by atoms with E-state index in [9.17, 15) is 4.79 Å². The van der Waals surface area contributed by atoms with Gasteiger partial charge in [-0.05, 0) is 37.0 Å². The van der Waals surface area contributed by atoms with E-state index >= 15 is 0 Å². The van der Waals surface area contributed by atoms with E-state index in [0.717, 1.165) is 48.9 Å². The lowest BCUT2D eigenvalue weighted by Crippen LogP contribution is -2.34. The number of benzene rings is 1. The molecule has 0 spiro atoms. The molecule has 4 heteroatoms. The summed E-state index contributed by atoms with van der Waals surface area (Å²) in [6.07, 6.45) is 4.15. The van der Waals surface area contributed by atoms with Crippen molar-refractivity contribution in [2.24, 2.45) is 5.41 Å². The molecule has 0 radical (unpaired) electrons. The van der Waals surface area contributed by atoms with Crippen LogP contribution in [0.25, 0.3) is 10.1 Å². The van der Waals surface area contributed by atoms with Gasteiger partial charge in [0.05, 0.1) is 4.70 Å². The summed E-state index contributed by atoms with van der Waals surface area (Å²) in [6.45, 7) is 3.92. The number of Topliss-reactive ketones (excluding diaryl/α,β-unsaturated/α-hetero) is 1. The number of hydrogen-bond donors (Lipinski definition) is 1. The van der Waals surface area contributed by atoms with Crippen molar-refractivity contribution < 1.29 is 4.79 Å². The number of nitrogens with zero attached hydrogens (tertiary/aromatic N) is 1. The molecule has 3 nitrogen and oxygen atoms in total. The average Bonchev–Trinajstić information content (AvgIpc) is 3.12. The van der Waals surface area contributed by atoms with Crippen LogP contribution in [0.1, 0.15) is 43.1 Å². The summed E-state index contributed by atoms with van der Waals surface area (Å²) < 4.78 is 5.56. The Morgan fingerprint density at radius 3 is 3.05 bits per heavy atom. The fourth-order valence-corrected chi connectivity index (χ4v) is 3.85. The van der Waals surface area contributed by atoms with Gasteiger partial charge < -0.3 is 5.32 Å². The van der Waals surface area contributed by atoms with Crippen molar-refractivity contribution in [3.8, 4) is 0 Å². The monoisotopic (exact) mass is 288 g/mol. The average molecular weight is 288 g/mol. The zero-order valence-corrected chi connectivity index (χ0v) is 12.6. The molecule has 20 heavy (non-hydrogen) atoms. The summed E-state index contributed by atoms with van der Waals surface area (Å²) in [5.74, 6) is 0.244. The van der Waals surface area contributed by atoms with Gasteiger partial charge in [-0.1, -0.05) is 38.0 Å². The van der Waals surface area contributed by atoms with Gasteiger partial charge in [0.1, 0.15) is 5.69 Å². The van der Waals surface area contributed by atoms with Crippen molar-refractivity contribution in [1.82, 2.24) is 9.69 Å².